The zero-order valence-electron chi connectivity index (χ0n) is 15.3. The summed E-state index contributed by atoms with van der Waals surface area (Å²) in [5.74, 6) is 0.0433. The van der Waals surface area contributed by atoms with Crippen LogP contribution < -0.4 is 11.5 Å². The Labute approximate surface area is 150 Å². The van der Waals surface area contributed by atoms with Gasteiger partial charge in [-0.1, -0.05) is 56.3 Å². The summed E-state index contributed by atoms with van der Waals surface area (Å²) in [6.07, 6.45) is 1.11. The molecule has 0 saturated heterocycles. The van der Waals surface area contributed by atoms with Crippen molar-refractivity contribution in [2.75, 3.05) is 6.54 Å². The van der Waals surface area contributed by atoms with E-state index < -0.39 is 11.5 Å². The average Bonchev–Trinajstić information content (AvgIpc) is 2.65. The molecular formula is C21H28N2O2. The maximum Gasteiger partial charge on any atom is 0.327 e. The second-order valence-electron chi connectivity index (χ2n) is 6.83. The predicted molar refractivity (Wildman–Crippen MR) is 102 cm³/mol. The Morgan fingerprint density at radius 1 is 1.16 bits per heavy atom. The molecule has 0 aromatic heterocycles. The number of nitrogens with two attached hydrogens (primary N) is 2. The van der Waals surface area contributed by atoms with E-state index in [1.807, 2.05) is 18.2 Å². The van der Waals surface area contributed by atoms with Crippen LogP contribution in [0.5, 0.6) is 0 Å². The fraction of sp³-hybridized carbons (Fsp3) is 0.381. The summed E-state index contributed by atoms with van der Waals surface area (Å²) in [4.78, 5) is 11.9. The summed E-state index contributed by atoms with van der Waals surface area (Å²) >= 11 is 0. The number of benzene rings is 2. The van der Waals surface area contributed by atoms with Gasteiger partial charge in [0, 0.05) is 6.54 Å². The molecule has 2 rings (SSSR count). The minimum Gasteiger partial charge on any atom is -0.459 e. The lowest BCUT2D eigenvalue weighted by molar-refractivity contribution is -0.150. The van der Waals surface area contributed by atoms with Gasteiger partial charge in [0.2, 0.25) is 0 Å². The van der Waals surface area contributed by atoms with E-state index in [4.69, 9.17) is 16.2 Å². The highest BCUT2D eigenvalue weighted by molar-refractivity contribution is 5.80. The molecule has 2 aromatic carbocycles. The number of ether oxygens (including phenoxy) is 1. The van der Waals surface area contributed by atoms with Crippen molar-refractivity contribution >= 4 is 5.97 Å². The minimum atomic E-state index is -1.15. The van der Waals surface area contributed by atoms with Crippen LogP contribution in [0.15, 0.2) is 48.5 Å². The van der Waals surface area contributed by atoms with Gasteiger partial charge in [0.25, 0.3) is 0 Å². The topological polar surface area (TPSA) is 78.3 Å². The van der Waals surface area contributed by atoms with Crippen molar-refractivity contribution in [2.45, 2.75) is 45.3 Å². The molecule has 0 spiro atoms. The first-order chi connectivity index (χ1) is 11.9. The Bertz CT molecular complexity index is 725. The highest BCUT2D eigenvalue weighted by atomic mass is 16.5. The molecule has 0 bridgehead atoms. The highest BCUT2D eigenvalue weighted by Gasteiger charge is 2.28. The maximum atomic E-state index is 11.9. The minimum absolute atomic E-state index is 0.0499. The van der Waals surface area contributed by atoms with Crippen molar-refractivity contribution in [3.05, 3.63) is 59.7 Å². The largest absolute Gasteiger partial charge is 0.459 e. The van der Waals surface area contributed by atoms with Crippen molar-refractivity contribution in [2.24, 2.45) is 11.5 Å². The van der Waals surface area contributed by atoms with Crippen molar-refractivity contribution < 1.29 is 9.53 Å². The smallest absolute Gasteiger partial charge is 0.327 e. The van der Waals surface area contributed by atoms with Gasteiger partial charge in [-0.3, -0.25) is 4.79 Å². The van der Waals surface area contributed by atoms with Crippen LogP contribution in [0.25, 0.3) is 11.1 Å². The Morgan fingerprint density at radius 3 is 2.44 bits per heavy atom. The van der Waals surface area contributed by atoms with Gasteiger partial charge in [-0.2, -0.15) is 0 Å². The van der Waals surface area contributed by atoms with E-state index in [2.05, 4.69) is 44.2 Å². The van der Waals surface area contributed by atoms with Gasteiger partial charge >= 0.3 is 5.97 Å². The molecular weight excluding hydrogens is 312 g/mol. The van der Waals surface area contributed by atoms with Crippen LogP contribution in [0, 0.1) is 0 Å². The monoisotopic (exact) mass is 340 g/mol. The summed E-state index contributed by atoms with van der Waals surface area (Å²) in [6, 6.07) is 16.6. The van der Waals surface area contributed by atoms with E-state index in [1.165, 1.54) is 5.56 Å². The van der Waals surface area contributed by atoms with Crippen LogP contribution in [0.2, 0.25) is 0 Å². The molecule has 0 fully saturated rings. The molecule has 25 heavy (non-hydrogen) atoms. The van der Waals surface area contributed by atoms with Gasteiger partial charge in [-0.25, -0.2) is 0 Å². The van der Waals surface area contributed by atoms with Gasteiger partial charge in [0.1, 0.15) is 12.1 Å². The van der Waals surface area contributed by atoms with Gasteiger partial charge in [-0.15, -0.1) is 0 Å². The molecule has 0 aliphatic heterocycles. The summed E-state index contributed by atoms with van der Waals surface area (Å²) in [5, 5.41) is 0. The first-order valence-electron chi connectivity index (χ1n) is 8.73. The van der Waals surface area contributed by atoms with Gasteiger partial charge in [0.15, 0.2) is 0 Å². The standard InChI is InChI=1S/C21H28N2O2/c1-4-15(2)17-8-6-10-19(12-17)18-9-5-7-16(11-18)13-25-20(24)21(3,23)14-22/h5-12,15H,4,13-14,22-23H2,1-3H3. The average molecular weight is 340 g/mol. The Hall–Kier alpha value is -2.17. The van der Waals surface area contributed by atoms with Crippen LogP contribution in [-0.4, -0.2) is 18.1 Å². The van der Waals surface area contributed by atoms with Crippen LogP contribution in [0.4, 0.5) is 0 Å². The molecule has 2 unspecified atom stereocenters. The SMILES string of the molecule is CCC(C)c1cccc(-c2cccc(COC(=O)C(C)(N)CN)c2)c1. The predicted octanol–water partition coefficient (Wildman–Crippen LogP) is 3.59. The molecule has 0 saturated carbocycles. The number of hydrogen-bond acceptors (Lipinski definition) is 4. The number of rotatable bonds is 7. The Kier molecular flexibility index (Phi) is 6.34. The van der Waals surface area contributed by atoms with E-state index in [9.17, 15) is 4.79 Å². The number of hydrogen-bond donors (Lipinski definition) is 2. The van der Waals surface area contributed by atoms with Crippen LogP contribution in [-0.2, 0) is 16.1 Å². The number of carbonyl (C=O) groups is 1. The molecule has 0 radical (unpaired) electrons. The Morgan fingerprint density at radius 2 is 1.80 bits per heavy atom. The third kappa shape index (κ3) is 4.91. The molecule has 0 heterocycles. The Balaban J connectivity index is 2.15. The summed E-state index contributed by atoms with van der Waals surface area (Å²) < 4.78 is 5.31. The van der Waals surface area contributed by atoms with E-state index >= 15 is 0 Å². The maximum absolute atomic E-state index is 11.9. The molecule has 2 aromatic rings. The molecule has 4 N–H and O–H groups in total. The molecule has 0 aliphatic rings. The first-order valence-corrected chi connectivity index (χ1v) is 8.73. The van der Waals surface area contributed by atoms with E-state index in [-0.39, 0.29) is 13.2 Å². The van der Waals surface area contributed by atoms with Crippen molar-refractivity contribution in [3.8, 4) is 11.1 Å². The van der Waals surface area contributed by atoms with Crippen molar-refractivity contribution in [1.29, 1.82) is 0 Å². The van der Waals surface area contributed by atoms with Crippen LogP contribution in [0.3, 0.4) is 0 Å². The third-order valence-electron chi connectivity index (χ3n) is 4.59. The lowest BCUT2D eigenvalue weighted by Crippen LogP contribution is -2.52. The first kappa shape index (κ1) is 19.2. The highest BCUT2D eigenvalue weighted by Crippen LogP contribution is 2.26. The zero-order valence-corrected chi connectivity index (χ0v) is 15.3. The lowest BCUT2D eigenvalue weighted by Gasteiger charge is -2.20. The van der Waals surface area contributed by atoms with Crippen molar-refractivity contribution in [1.82, 2.24) is 0 Å². The molecule has 0 aliphatic carbocycles. The normalized spacial score (nSPS) is 14.6. The van der Waals surface area contributed by atoms with Gasteiger partial charge in [-0.05, 0) is 47.6 Å². The van der Waals surface area contributed by atoms with Crippen LogP contribution in [0.1, 0.15) is 44.2 Å². The van der Waals surface area contributed by atoms with Crippen LogP contribution >= 0.6 is 0 Å². The summed E-state index contributed by atoms with van der Waals surface area (Å²) in [5.41, 5.74) is 14.7. The molecule has 4 heteroatoms. The van der Waals surface area contributed by atoms with Gasteiger partial charge < -0.3 is 16.2 Å². The van der Waals surface area contributed by atoms with E-state index in [0.717, 1.165) is 23.1 Å². The zero-order chi connectivity index (χ0) is 18.4. The fourth-order valence-corrected chi connectivity index (χ4v) is 2.50. The molecule has 2 atom stereocenters. The van der Waals surface area contributed by atoms with E-state index in [0.29, 0.717) is 5.92 Å². The van der Waals surface area contributed by atoms with Gasteiger partial charge in [0.05, 0.1) is 0 Å². The number of esters is 1. The van der Waals surface area contributed by atoms with Crippen molar-refractivity contribution in [3.63, 3.8) is 0 Å². The molecule has 4 nitrogen and oxygen atoms in total. The number of carbonyl (C=O) groups excluding carboxylic acids is 1. The molecule has 134 valence electrons. The second kappa shape index (κ2) is 8.28. The lowest BCUT2D eigenvalue weighted by atomic mass is 9.94. The summed E-state index contributed by atoms with van der Waals surface area (Å²) in [7, 11) is 0. The second-order valence-corrected chi connectivity index (χ2v) is 6.83. The summed E-state index contributed by atoms with van der Waals surface area (Å²) in [6.45, 7) is 6.24. The molecule has 0 amide bonds. The quantitative estimate of drug-likeness (QED) is 0.755. The third-order valence-corrected chi connectivity index (χ3v) is 4.59. The fourth-order valence-electron chi connectivity index (χ4n) is 2.50. The van der Waals surface area contributed by atoms with E-state index in [1.54, 1.807) is 6.92 Å².